The second-order valence-electron chi connectivity index (χ2n) is 8.55. The van der Waals surface area contributed by atoms with Crippen LogP contribution in [0.3, 0.4) is 0 Å². The molecule has 0 bridgehead atoms. The summed E-state index contributed by atoms with van der Waals surface area (Å²) in [7, 11) is 0. The molecule has 0 aliphatic heterocycles. The van der Waals surface area contributed by atoms with Crippen molar-refractivity contribution in [2.24, 2.45) is 0 Å². The van der Waals surface area contributed by atoms with E-state index in [0.29, 0.717) is 33.6 Å². The Labute approximate surface area is 195 Å². The zero-order chi connectivity index (χ0) is 23.9. The molecule has 34 heavy (non-hydrogen) atoms. The minimum atomic E-state index is -0.644. The number of fused-ring (bicyclic) bond motifs is 3. The van der Waals surface area contributed by atoms with Crippen molar-refractivity contribution in [2.45, 2.75) is 26.0 Å². The van der Waals surface area contributed by atoms with Gasteiger partial charge < -0.3 is 9.95 Å². The topological polar surface area (TPSA) is 85.3 Å². The zero-order valence-electron chi connectivity index (χ0n) is 18.7. The maximum atomic E-state index is 13.1. The highest BCUT2D eigenvalue weighted by molar-refractivity contribution is 6.02. The Hall–Kier alpha value is -4.41. The molecular formula is C27H21N5O2. The van der Waals surface area contributed by atoms with Gasteiger partial charge in [-0.2, -0.15) is 0 Å². The Morgan fingerprint density at radius 1 is 0.971 bits per heavy atom. The summed E-state index contributed by atoms with van der Waals surface area (Å²) in [5, 5.41) is 10.1. The Kier molecular flexibility index (Phi) is 5.16. The molecule has 0 saturated carbocycles. The SMILES string of the molecule is [C-]#[N+]C(C)(C)c1ccc(-n2c(=O)ccc3cnc4ccc(-c5ccc(CO)nc5)nc4c32)cc1. The van der Waals surface area contributed by atoms with Gasteiger partial charge in [-0.05, 0) is 54.6 Å². The van der Waals surface area contributed by atoms with Crippen molar-refractivity contribution in [1.29, 1.82) is 0 Å². The van der Waals surface area contributed by atoms with Crippen LogP contribution in [0.5, 0.6) is 0 Å². The molecule has 0 atom stereocenters. The number of pyridine rings is 4. The molecule has 5 rings (SSSR count). The summed E-state index contributed by atoms with van der Waals surface area (Å²) in [6.07, 6.45) is 3.41. The van der Waals surface area contributed by atoms with Gasteiger partial charge in [-0.15, -0.1) is 0 Å². The van der Waals surface area contributed by atoms with E-state index in [2.05, 4.69) is 14.8 Å². The molecule has 166 valence electrons. The van der Waals surface area contributed by atoms with Crippen LogP contribution >= 0.6 is 0 Å². The van der Waals surface area contributed by atoms with Crippen LogP contribution in [-0.4, -0.2) is 24.6 Å². The van der Waals surface area contributed by atoms with Crippen LogP contribution in [0, 0.1) is 6.57 Å². The predicted octanol–water partition coefficient (Wildman–Crippen LogP) is 4.64. The van der Waals surface area contributed by atoms with E-state index in [9.17, 15) is 9.90 Å². The van der Waals surface area contributed by atoms with Crippen LogP contribution < -0.4 is 5.56 Å². The molecule has 0 radical (unpaired) electrons. The number of hydrogen-bond acceptors (Lipinski definition) is 5. The van der Waals surface area contributed by atoms with Gasteiger partial charge in [-0.3, -0.25) is 19.3 Å². The Bertz CT molecular complexity index is 1630. The summed E-state index contributed by atoms with van der Waals surface area (Å²) < 4.78 is 1.64. The average molecular weight is 447 g/mol. The number of aromatic nitrogens is 4. The van der Waals surface area contributed by atoms with Crippen LogP contribution in [0.15, 0.2) is 77.9 Å². The summed E-state index contributed by atoms with van der Waals surface area (Å²) in [5.74, 6) is 0. The molecule has 1 N–H and O–H groups in total. The maximum Gasteiger partial charge on any atom is 0.255 e. The summed E-state index contributed by atoms with van der Waals surface area (Å²) in [6, 6.07) is 18.1. The second-order valence-corrected chi connectivity index (χ2v) is 8.55. The fraction of sp³-hybridized carbons (Fsp3) is 0.148. The first-order valence-corrected chi connectivity index (χ1v) is 10.8. The first-order valence-electron chi connectivity index (χ1n) is 10.8. The van der Waals surface area contributed by atoms with Crippen molar-refractivity contribution in [1.82, 2.24) is 19.5 Å². The molecule has 7 heteroatoms. The lowest BCUT2D eigenvalue weighted by Gasteiger charge is -2.15. The Morgan fingerprint density at radius 2 is 1.76 bits per heavy atom. The zero-order valence-corrected chi connectivity index (χ0v) is 18.7. The van der Waals surface area contributed by atoms with Crippen LogP contribution in [0.25, 0.3) is 43.7 Å². The van der Waals surface area contributed by atoms with E-state index in [1.54, 1.807) is 29.1 Å². The van der Waals surface area contributed by atoms with Gasteiger partial charge in [0.25, 0.3) is 11.1 Å². The monoisotopic (exact) mass is 447 g/mol. The number of nitrogens with zero attached hydrogens (tertiary/aromatic N) is 5. The fourth-order valence-corrected chi connectivity index (χ4v) is 3.94. The third kappa shape index (κ3) is 3.60. The molecular weight excluding hydrogens is 426 g/mol. The van der Waals surface area contributed by atoms with Gasteiger partial charge in [-0.25, -0.2) is 11.6 Å². The largest absolute Gasteiger partial charge is 0.390 e. The Balaban J connectivity index is 1.75. The number of aliphatic hydroxyl groups is 1. The van der Waals surface area contributed by atoms with Crippen molar-refractivity contribution < 1.29 is 5.11 Å². The maximum absolute atomic E-state index is 13.1. The third-order valence-corrected chi connectivity index (χ3v) is 5.96. The van der Waals surface area contributed by atoms with Crippen molar-refractivity contribution in [3.05, 3.63) is 106 Å². The smallest absolute Gasteiger partial charge is 0.255 e. The molecule has 0 amide bonds. The van der Waals surface area contributed by atoms with Gasteiger partial charge in [0.1, 0.15) is 5.52 Å². The Morgan fingerprint density at radius 3 is 2.44 bits per heavy atom. The van der Waals surface area contributed by atoms with Crippen LogP contribution in [-0.2, 0) is 12.1 Å². The molecule has 1 aromatic carbocycles. The van der Waals surface area contributed by atoms with E-state index in [4.69, 9.17) is 11.6 Å². The van der Waals surface area contributed by atoms with E-state index in [-0.39, 0.29) is 12.2 Å². The highest BCUT2D eigenvalue weighted by atomic mass is 16.3. The minimum Gasteiger partial charge on any atom is -0.390 e. The molecule has 0 saturated heterocycles. The summed E-state index contributed by atoms with van der Waals surface area (Å²) in [6.45, 7) is 11.1. The highest BCUT2D eigenvalue weighted by Gasteiger charge is 2.25. The first-order chi connectivity index (χ1) is 16.4. The molecule has 0 aliphatic rings. The molecule has 0 fully saturated rings. The summed E-state index contributed by atoms with van der Waals surface area (Å²) >= 11 is 0. The molecule has 4 heterocycles. The third-order valence-electron chi connectivity index (χ3n) is 5.96. The number of rotatable bonds is 4. The quantitative estimate of drug-likeness (QED) is 0.320. The van der Waals surface area contributed by atoms with E-state index in [1.165, 1.54) is 6.07 Å². The van der Waals surface area contributed by atoms with Gasteiger partial charge in [0, 0.05) is 54.5 Å². The molecule has 0 aliphatic carbocycles. The predicted molar refractivity (Wildman–Crippen MR) is 131 cm³/mol. The van der Waals surface area contributed by atoms with Crippen molar-refractivity contribution in [3.8, 4) is 16.9 Å². The average Bonchev–Trinajstić information content (AvgIpc) is 2.88. The lowest BCUT2D eigenvalue weighted by molar-refractivity contribution is 0.277. The lowest BCUT2D eigenvalue weighted by Crippen LogP contribution is -2.18. The summed E-state index contributed by atoms with van der Waals surface area (Å²) in [4.78, 5) is 30.4. The molecule has 5 aromatic rings. The number of benzene rings is 1. The van der Waals surface area contributed by atoms with Gasteiger partial charge in [0.05, 0.1) is 29.0 Å². The normalized spacial score (nSPS) is 11.6. The molecule has 0 unspecified atom stereocenters. The van der Waals surface area contributed by atoms with Gasteiger partial charge in [-0.1, -0.05) is 0 Å². The van der Waals surface area contributed by atoms with Gasteiger partial charge >= 0.3 is 0 Å². The van der Waals surface area contributed by atoms with Crippen molar-refractivity contribution in [2.75, 3.05) is 0 Å². The van der Waals surface area contributed by atoms with Gasteiger partial charge in [0.2, 0.25) is 0 Å². The molecule has 7 nitrogen and oxygen atoms in total. The molecule has 4 aromatic heterocycles. The highest BCUT2D eigenvalue weighted by Crippen LogP contribution is 2.29. The van der Waals surface area contributed by atoms with Gasteiger partial charge in [0.15, 0.2) is 0 Å². The first kappa shape index (κ1) is 21.4. The minimum absolute atomic E-state index is 0.127. The number of hydrogen-bond donors (Lipinski definition) is 1. The van der Waals surface area contributed by atoms with Crippen molar-refractivity contribution in [3.63, 3.8) is 0 Å². The van der Waals surface area contributed by atoms with E-state index in [1.807, 2.05) is 56.3 Å². The second kappa shape index (κ2) is 8.18. The standard InChI is InChI=1S/C27H21N5O2/c1-27(2,28-3)19-6-9-21(10-7-19)32-24(34)13-5-18-15-30-23-12-11-22(31-25(23)26(18)32)17-4-8-20(16-33)29-14-17/h4-15,33H,16H2,1-2H3. The van der Waals surface area contributed by atoms with Crippen LogP contribution in [0.2, 0.25) is 0 Å². The van der Waals surface area contributed by atoms with Crippen LogP contribution in [0.4, 0.5) is 0 Å². The number of aliphatic hydroxyl groups excluding tert-OH is 1. The lowest BCUT2D eigenvalue weighted by atomic mass is 9.95. The fourth-order valence-electron chi connectivity index (χ4n) is 3.94. The van der Waals surface area contributed by atoms with Crippen molar-refractivity contribution >= 4 is 21.9 Å². The van der Waals surface area contributed by atoms with Crippen LogP contribution in [0.1, 0.15) is 25.1 Å². The molecule has 0 spiro atoms. The van der Waals surface area contributed by atoms with E-state index >= 15 is 0 Å². The van der Waals surface area contributed by atoms with E-state index in [0.717, 1.165) is 16.5 Å². The summed E-state index contributed by atoms with van der Waals surface area (Å²) in [5.41, 5.74) is 4.74. The van der Waals surface area contributed by atoms with E-state index < -0.39 is 5.54 Å².